The average Bonchev–Trinajstić information content (AvgIpc) is 3.47. The molecule has 0 aliphatic rings. The predicted molar refractivity (Wildman–Crippen MR) is 353 cm³/mol. The lowest BCUT2D eigenvalue weighted by Gasteiger charge is -2.18. The second kappa shape index (κ2) is 68.6. The van der Waals surface area contributed by atoms with Gasteiger partial charge in [-0.05, 0) is 128 Å². The van der Waals surface area contributed by atoms with Crippen molar-refractivity contribution < 1.29 is 28.6 Å². The van der Waals surface area contributed by atoms with Gasteiger partial charge in [-0.3, -0.25) is 14.4 Å². The van der Waals surface area contributed by atoms with Gasteiger partial charge in [-0.15, -0.1) is 0 Å². The van der Waals surface area contributed by atoms with Gasteiger partial charge < -0.3 is 14.2 Å². The molecule has 0 aliphatic heterocycles. The van der Waals surface area contributed by atoms with Crippen LogP contribution in [0.2, 0.25) is 0 Å². The highest BCUT2D eigenvalue weighted by Gasteiger charge is 2.19. The van der Waals surface area contributed by atoms with Gasteiger partial charge in [0.05, 0.1) is 0 Å². The molecule has 0 heterocycles. The van der Waals surface area contributed by atoms with Crippen molar-refractivity contribution in [3.8, 4) is 0 Å². The fourth-order valence-electron chi connectivity index (χ4n) is 9.59. The summed E-state index contributed by atoms with van der Waals surface area (Å²) in [5.74, 6) is -0.924. The van der Waals surface area contributed by atoms with Crippen LogP contribution in [0.5, 0.6) is 0 Å². The maximum atomic E-state index is 13.0. The van der Waals surface area contributed by atoms with Gasteiger partial charge in [-0.2, -0.15) is 0 Å². The molecule has 0 aliphatic carbocycles. The van der Waals surface area contributed by atoms with Crippen molar-refractivity contribution in [2.75, 3.05) is 13.2 Å². The van der Waals surface area contributed by atoms with Crippen molar-refractivity contribution in [1.82, 2.24) is 0 Å². The Bertz CT molecular complexity index is 1620. The topological polar surface area (TPSA) is 78.9 Å². The SMILES string of the molecule is CC/C=C\C/C=C\C/C=C\C/C=C\C/C=C\CCCCCC(=O)OCC(COC(=O)CCCCCCCCCC/C=C\C/C=C\C/C=C\CCCCCCC)OC(=O)CCCCCCCCCCC/C=C\CCCCCCCCCC. The van der Waals surface area contributed by atoms with Crippen LogP contribution >= 0.6 is 0 Å². The largest absolute Gasteiger partial charge is 0.462 e. The lowest BCUT2D eigenvalue weighted by Crippen LogP contribution is -2.30. The highest BCUT2D eigenvalue weighted by Crippen LogP contribution is 2.16. The third-order valence-corrected chi connectivity index (χ3v) is 14.7. The van der Waals surface area contributed by atoms with Crippen molar-refractivity contribution in [3.63, 3.8) is 0 Å². The Morgan fingerprint density at radius 1 is 0.259 bits per heavy atom. The minimum absolute atomic E-state index is 0.0937. The molecule has 0 saturated heterocycles. The van der Waals surface area contributed by atoms with Gasteiger partial charge >= 0.3 is 17.9 Å². The molecule has 6 heteroatoms. The number of unbranched alkanes of at least 4 members (excludes halogenated alkanes) is 33. The molecule has 0 saturated carbocycles. The Hall–Kier alpha value is -3.93. The Kier molecular flexibility index (Phi) is 65.2. The van der Waals surface area contributed by atoms with E-state index in [-0.39, 0.29) is 31.1 Å². The average molecular weight is 1130 g/mol. The molecule has 1 unspecified atom stereocenters. The lowest BCUT2D eigenvalue weighted by atomic mass is 10.1. The van der Waals surface area contributed by atoms with E-state index in [0.717, 1.165) is 116 Å². The van der Waals surface area contributed by atoms with Crippen LogP contribution in [0, 0.1) is 0 Å². The van der Waals surface area contributed by atoms with E-state index in [9.17, 15) is 14.4 Å². The number of hydrogen-bond acceptors (Lipinski definition) is 6. The fourth-order valence-corrected chi connectivity index (χ4v) is 9.59. The first-order chi connectivity index (χ1) is 40.0. The molecular weight excluding hydrogens is 997 g/mol. The molecule has 0 aromatic rings. The summed E-state index contributed by atoms with van der Waals surface area (Å²) in [6.07, 6.45) is 93.8. The second-order valence-corrected chi connectivity index (χ2v) is 22.7. The van der Waals surface area contributed by atoms with Crippen molar-refractivity contribution in [1.29, 1.82) is 0 Å². The van der Waals surface area contributed by atoms with Crippen LogP contribution in [0.1, 0.15) is 329 Å². The summed E-state index contributed by atoms with van der Waals surface area (Å²) in [6, 6.07) is 0. The van der Waals surface area contributed by atoms with Gasteiger partial charge in [0.25, 0.3) is 0 Å². The zero-order chi connectivity index (χ0) is 58.5. The van der Waals surface area contributed by atoms with Crippen LogP contribution < -0.4 is 0 Å². The monoisotopic (exact) mass is 1120 g/mol. The molecule has 1 atom stereocenters. The summed E-state index contributed by atoms with van der Waals surface area (Å²) >= 11 is 0. The minimum atomic E-state index is -0.800. The molecule has 0 N–H and O–H groups in total. The van der Waals surface area contributed by atoms with Gasteiger partial charge in [0, 0.05) is 19.3 Å². The summed E-state index contributed by atoms with van der Waals surface area (Å²) < 4.78 is 17.0. The highest BCUT2D eigenvalue weighted by molar-refractivity contribution is 5.71. The zero-order valence-electron chi connectivity index (χ0n) is 53.3. The summed E-state index contributed by atoms with van der Waals surface area (Å²) in [6.45, 7) is 6.51. The number of rotatable bonds is 62. The molecule has 464 valence electrons. The molecule has 0 aromatic heterocycles. The third kappa shape index (κ3) is 66.8. The Morgan fingerprint density at radius 2 is 0.481 bits per heavy atom. The molecule has 0 fully saturated rings. The molecule has 81 heavy (non-hydrogen) atoms. The first-order valence-corrected chi connectivity index (χ1v) is 34.4. The minimum Gasteiger partial charge on any atom is -0.462 e. The Morgan fingerprint density at radius 3 is 0.778 bits per heavy atom. The molecule has 0 radical (unpaired) electrons. The van der Waals surface area contributed by atoms with Crippen LogP contribution in [-0.2, 0) is 28.6 Å². The number of hydrogen-bond donors (Lipinski definition) is 0. The molecule has 0 rings (SSSR count). The summed E-state index contributed by atoms with van der Waals surface area (Å²) in [5, 5.41) is 0. The van der Waals surface area contributed by atoms with E-state index < -0.39 is 6.10 Å². The van der Waals surface area contributed by atoms with Crippen molar-refractivity contribution >= 4 is 17.9 Å². The molecule has 0 bridgehead atoms. The van der Waals surface area contributed by atoms with Gasteiger partial charge in [0.1, 0.15) is 13.2 Å². The van der Waals surface area contributed by atoms with E-state index >= 15 is 0 Å². The van der Waals surface area contributed by atoms with Crippen molar-refractivity contribution in [3.05, 3.63) is 109 Å². The van der Waals surface area contributed by atoms with E-state index in [4.69, 9.17) is 14.2 Å². The van der Waals surface area contributed by atoms with E-state index in [0.29, 0.717) is 19.3 Å². The van der Waals surface area contributed by atoms with Gasteiger partial charge in [-0.1, -0.05) is 291 Å². The summed E-state index contributed by atoms with van der Waals surface area (Å²) in [4.78, 5) is 38.5. The number of carbonyl (C=O) groups is 3. The standard InChI is InChI=1S/C75H128O6/c1-4-7-10-13-16-19-22-25-28-31-34-36-37-39-41-44-47-50-53-56-59-62-65-68-74(77)80-71-72(70-79-73(76)67-64-61-58-55-52-49-46-43-40-33-30-27-24-21-18-15-12-9-6-3)81-75(78)69-66-63-60-57-54-51-48-45-42-38-35-32-29-26-23-20-17-14-11-8-5-2/h9,12,18,21-22,25,27,30-32,34-35,37,39-40,43,49,52,72H,4-8,10-11,13-17,19-20,23-24,26,28-29,33,36,38,41-42,44-48,50-51,53-71H2,1-3H3/b12-9-,21-18-,25-22-,30-27-,34-31-,35-32-,39-37-,43-40-,52-49-. The van der Waals surface area contributed by atoms with Crippen LogP contribution in [0.4, 0.5) is 0 Å². The van der Waals surface area contributed by atoms with Crippen LogP contribution in [-0.4, -0.2) is 37.2 Å². The molecule has 0 amide bonds. The maximum absolute atomic E-state index is 13.0. The molecule has 6 nitrogen and oxygen atoms in total. The lowest BCUT2D eigenvalue weighted by molar-refractivity contribution is -0.167. The van der Waals surface area contributed by atoms with Crippen LogP contribution in [0.3, 0.4) is 0 Å². The highest BCUT2D eigenvalue weighted by atomic mass is 16.6. The number of allylic oxidation sites excluding steroid dienone is 18. The van der Waals surface area contributed by atoms with E-state index in [1.54, 1.807) is 0 Å². The van der Waals surface area contributed by atoms with Crippen LogP contribution in [0.25, 0.3) is 0 Å². The fraction of sp³-hybridized carbons (Fsp3) is 0.720. The van der Waals surface area contributed by atoms with Gasteiger partial charge in [0.15, 0.2) is 6.10 Å². The maximum Gasteiger partial charge on any atom is 0.306 e. The normalized spacial score (nSPS) is 12.8. The first-order valence-electron chi connectivity index (χ1n) is 34.4. The molecule has 0 spiro atoms. The second-order valence-electron chi connectivity index (χ2n) is 22.7. The number of ether oxygens (including phenoxy) is 3. The summed E-state index contributed by atoms with van der Waals surface area (Å²) in [7, 11) is 0. The van der Waals surface area contributed by atoms with Crippen molar-refractivity contribution in [2.45, 2.75) is 335 Å². The number of esters is 3. The first kappa shape index (κ1) is 77.1. The number of carbonyl (C=O) groups excluding carboxylic acids is 3. The Labute approximate surface area is 501 Å². The third-order valence-electron chi connectivity index (χ3n) is 14.7. The van der Waals surface area contributed by atoms with Crippen LogP contribution in [0.15, 0.2) is 109 Å². The quantitative estimate of drug-likeness (QED) is 0.0261. The van der Waals surface area contributed by atoms with E-state index in [2.05, 4.69) is 130 Å². The van der Waals surface area contributed by atoms with E-state index in [1.165, 1.54) is 173 Å². The molecule has 0 aromatic carbocycles. The van der Waals surface area contributed by atoms with Gasteiger partial charge in [-0.25, -0.2) is 0 Å². The zero-order valence-corrected chi connectivity index (χ0v) is 53.3. The van der Waals surface area contributed by atoms with Crippen molar-refractivity contribution in [2.24, 2.45) is 0 Å². The Balaban J connectivity index is 4.45. The molecular formula is C75H128O6. The summed E-state index contributed by atoms with van der Waals surface area (Å²) in [5.41, 5.74) is 0. The predicted octanol–water partition coefficient (Wildman–Crippen LogP) is 23.8. The van der Waals surface area contributed by atoms with E-state index in [1.807, 2.05) is 0 Å². The van der Waals surface area contributed by atoms with Gasteiger partial charge in [0.2, 0.25) is 0 Å². The smallest absolute Gasteiger partial charge is 0.306 e.